The molecule has 22 heavy (non-hydrogen) atoms. The highest BCUT2D eigenvalue weighted by atomic mass is 35.6. The van der Waals surface area contributed by atoms with Crippen LogP contribution in [0.2, 0.25) is 0 Å². The van der Waals surface area contributed by atoms with E-state index in [-0.39, 0.29) is 6.61 Å². The third kappa shape index (κ3) is 5.82. The van der Waals surface area contributed by atoms with Crippen molar-refractivity contribution in [3.05, 3.63) is 12.1 Å². The molecule has 1 aliphatic rings. The van der Waals surface area contributed by atoms with E-state index in [1.807, 2.05) is 27.7 Å². The number of ether oxygens (including phenoxy) is 1. The minimum atomic E-state index is -1.62. The van der Waals surface area contributed by atoms with Gasteiger partial charge in [-0.3, -0.25) is 0 Å². The Labute approximate surface area is 146 Å². The van der Waals surface area contributed by atoms with E-state index in [2.05, 4.69) is 0 Å². The molecule has 0 aromatic carbocycles. The van der Waals surface area contributed by atoms with Crippen LogP contribution in [0.5, 0.6) is 0 Å². The lowest BCUT2D eigenvalue weighted by Crippen LogP contribution is -2.41. The normalized spacial score (nSPS) is 20.5. The maximum Gasteiger partial charge on any atom is 0.486 e. The summed E-state index contributed by atoms with van der Waals surface area (Å²) in [7, 11) is 1.13. The molecular weight excluding hydrogens is 351 g/mol. The first-order chi connectivity index (χ1) is 9.84. The zero-order chi connectivity index (χ0) is 17.2. The van der Waals surface area contributed by atoms with Crippen LogP contribution < -0.4 is 0 Å². The molecular formula is C13H21BCl3NO4. The molecule has 1 rings (SSSR count). The molecule has 5 nitrogen and oxygen atoms in total. The number of halogens is 3. The lowest BCUT2D eigenvalue weighted by Gasteiger charge is -2.32. The smallest absolute Gasteiger partial charge is 0.445 e. The van der Waals surface area contributed by atoms with Crippen molar-refractivity contribution in [2.24, 2.45) is 0 Å². The lowest BCUT2D eigenvalue weighted by atomic mass is 9.90. The van der Waals surface area contributed by atoms with Gasteiger partial charge < -0.3 is 18.9 Å². The van der Waals surface area contributed by atoms with Crippen molar-refractivity contribution in [3.63, 3.8) is 0 Å². The van der Waals surface area contributed by atoms with E-state index in [1.165, 1.54) is 4.90 Å². The van der Waals surface area contributed by atoms with E-state index in [9.17, 15) is 4.79 Å². The molecule has 0 aromatic heterocycles. The third-order valence-corrected chi connectivity index (χ3v) is 3.94. The molecule has 1 amide bonds. The summed E-state index contributed by atoms with van der Waals surface area (Å²) in [5.74, 6) is 1.76. The average molecular weight is 372 g/mol. The molecule has 0 radical (unpaired) electrons. The number of alkyl halides is 3. The van der Waals surface area contributed by atoms with E-state index in [0.717, 1.165) is 0 Å². The van der Waals surface area contributed by atoms with Crippen LogP contribution >= 0.6 is 34.8 Å². The zero-order valence-electron chi connectivity index (χ0n) is 13.4. The monoisotopic (exact) mass is 371 g/mol. The van der Waals surface area contributed by atoms with Gasteiger partial charge in [0.15, 0.2) is 0 Å². The number of likely N-dealkylation sites (N-methyl/N-ethyl adjacent to an activating group) is 1. The summed E-state index contributed by atoms with van der Waals surface area (Å²) in [6.45, 7) is 7.91. The van der Waals surface area contributed by atoms with Gasteiger partial charge in [0.2, 0.25) is 3.79 Å². The first-order valence-corrected chi connectivity index (χ1v) is 7.94. The lowest BCUT2D eigenvalue weighted by molar-refractivity contribution is 0.00578. The van der Waals surface area contributed by atoms with Crippen molar-refractivity contribution in [1.82, 2.24) is 4.90 Å². The number of rotatable bonds is 4. The second-order valence-corrected chi connectivity index (χ2v) is 8.62. The van der Waals surface area contributed by atoms with E-state index >= 15 is 0 Å². The Balaban J connectivity index is 2.42. The van der Waals surface area contributed by atoms with Gasteiger partial charge >= 0.3 is 13.2 Å². The van der Waals surface area contributed by atoms with E-state index in [4.69, 9.17) is 48.8 Å². The fourth-order valence-corrected chi connectivity index (χ4v) is 1.79. The number of amides is 1. The fourth-order valence-electron chi connectivity index (χ4n) is 1.63. The Morgan fingerprint density at radius 3 is 2.18 bits per heavy atom. The summed E-state index contributed by atoms with van der Waals surface area (Å²) in [6.07, 6.45) is 1.18. The second-order valence-electron chi connectivity index (χ2n) is 6.10. The maximum atomic E-state index is 11.7. The number of hydrogen-bond acceptors (Lipinski definition) is 4. The minimum Gasteiger partial charge on any atom is -0.445 e. The molecule has 0 aromatic rings. The van der Waals surface area contributed by atoms with E-state index in [1.54, 1.807) is 19.1 Å². The van der Waals surface area contributed by atoms with Gasteiger partial charge in [-0.25, -0.2) is 4.79 Å². The van der Waals surface area contributed by atoms with Gasteiger partial charge in [-0.05, 0) is 27.7 Å². The quantitative estimate of drug-likeness (QED) is 0.559. The predicted molar refractivity (Wildman–Crippen MR) is 89.5 cm³/mol. The highest BCUT2D eigenvalue weighted by Crippen LogP contribution is 2.36. The highest BCUT2D eigenvalue weighted by molar-refractivity contribution is 6.67. The first-order valence-electron chi connectivity index (χ1n) is 6.81. The predicted octanol–water partition coefficient (Wildman–Crippen LogP) is 3.61. The highest BCUT2D eigenvalue weighted by Gasteiger charge is 2.49. The molecule has 0 aliphatic carbocycles. The second kappa shape index (κ2) is 7.18. The van der Waals surface area contributed by atoms with Crippen LogP contribution in [0.4, 0.5) is 4.79 Å². The Morgan fingerprint density at radius 2 is 1.73 bits per heavy atom. The molecule has 1 fully saturated rings. The van der Waals surface area contributed by atoms with Crippen LogP contribution in [0.1, 0.15) is 27.7 Å². The fraction of sp³-hybridized carbons (Fsp3) is 0.769. The van der Waals surface area contributed by atoms with Crippen LogP contribution in [0.25, 0.3) is 0 Å². The van der Waals surface area contributed by atoms with Crippen LogP contribution in [-0.4, -0.2) is 53.3 Å². The topological polar surface area (TPSA) is 48.0 Å². The van der Waals surface area contributed by atoms with Gasteiger partial charge in [-0.15, -0.1) is 0 Å². The van der Waals surface area contributed by atoms with Crippen molar-refractivity contribution in [2.75, 3.05) is 20.2 Å². The molecule has 1 heterocycles. The van der Waals surface area contributed by atoms with Crippen molar-refractivity contribution in [3.8, 4) is 0 Å². The van der Waals surface area contributed by atoms with Crippen LogP contribution in [0.3, 0.4) is 0 Å². The van der Waals surface area contributed by atoms with Gasteiger partial charge in [0, 0.05) is 13.6 Å². The minimum absolute atomic E-state index is 0.304. The Kier molecular flexibility index (Phi) is 6.50. The van der Waals surface area contributed by atoms with Crippen LogP contribution in [-0.2, 0) is 14.0 Å². The average Bonchev–Trinajstić information content (AvgIpc) is 2.53. The third-order valence-electron chi connectivity index (χ3n) is 3.61. The molecule has 0 N–H and O–H groups in total. The van der Waals surface area contributed by atoms with Gasteiger partial charge in [-0.1, -0.05) is 46.9 Å². The Hall–Kier alpha value is -0.135. The Bertz CT molecular complexity index is 421. The Morgan fingerprint density at radius 1 is 1.23 bits per heavy atom. The number of carbonyl (C=O) groups excluding carboxylic acids is 1. The summed E-state index contributed by atoms with van der Waals surface area (Å²) < 4.78 is 14.8. The molecule has 126 valence electrons. The van der Waals surface area contributed by atoms with E-state index in [0.29, 0.717) is 6.54 Å². The van der Waals surface area contributed by atoms with Gasteiger partial charge in [0.25, 0.3) is 0 Å². The SMILES string of the molecule is CN(C/C=C/B1OC(C)(C)C(C)(C)O1)C(=O)OCC(Cl)(Cl)Cl. The summed E-state index contributed by atoms with van der Waals surface area (Å²) in [6, 6.07) is 0. The summed E-state index contributed by atoms with van der Waals surface area (Å²) in [4.78, 5) is 13.0. The summed E-state index contributed by atoms with van der Waals surface area (Å²) in [5.41, 5.74) is -0.783. The van der Waals surface area contributed by atoms with Gasteiger partial charge in [0.05, 0.1) is 11.2 Å². The first kappa shape index (κ1) is 19.9. The van der Waals surface area contributed by atoms with E-state index < -0.39 is 28.2 Å². The number of nitrogens with zero attached hydrogens (tertiary/aromatic N) is 1. The van der Waals surface area contributed by atoms with Crippen LogP contribution in [0, 0.1) is 0 Å². The molecule has 0 spiro atoms. The van der Waals surface area contributed by atoms with Crippen molar-refractivity contribution >= 4 is 48.0 Å². The van der Waals surface area contributed by atoms with Gasteiger partial charge in [0.1, 0.15) is 6.61 Å². The molecule has 0 atom stereocenters. The van der Waals surface area contributed by atoms with Crippen molar-refractivity contribution in [2.45, 2.75) is 42.7 Å². The number of hydrogen-bond donors (Lipinski definition) is 0. The number of carbonyl (C=O) groups is 1. The van der Waals surface area contributed by atoms with Crippen LogP contribution in [0.15, 0.2) is 12.1 Å². The molecule has 0 bridgehead atoms. The maximum absolute atomic E-state index is 11.7. The standard InChI is InChI=1S/C13H21BCl3NO4/c1-11(2)12(3,4)22-14(21-11)7-6-8-18(5)10(19)20-9-13(15,16)17/h6-7H,8-9H2,1-5H3/b7-6+. The largest absolute Gasteiger partial charge is 0.486 e. The van der Waals surface area contributed by atoms with Crippen molar-refractivity contribution in [1.29, 1.82) is 0 Å². The molecule has 9 heteroatoms. The zero-order valence-corrected chi connectivity index (χ0v) is 15.6. The van der Waals surface area contributed by atoms with Gasteiger partial charge in [-0.2, -0.15) is 0 Å². The van der Waals surface area contributed by atoms with Crippen molar-refractivity contribution < 1.29 is 18.8 Å². The molecule has 1 saturated heterocycles. The summed E-state index contributed by atoms with van der Waals surface area (Å²) >= 11 is 16.5. The molecule has 0 unspecified atom stereocenters. The molecule has 0 saturated carbocycles. The molecule has 1 aliphatic heterocycles. The summed E-state index contributed by atoms with van der Waals surface area (Å²) in [5, 5.41) is 0.